The van der Waals surface area contributed by atoms with Crippen LogP contribution < -0.4 is 16.4 Å². The van der Waals surface area contributed by atoms with Gasteiger partial charge in [-0.15, -0.1) is 0 Å². The molecule has 1 heterocycles. The van der Waals surface area contributed by atoms with Crippen molar-refractivity contribution >= 4 is 23.8 Å². The van der Waals surface area contributed by atoms with Crippen LogP contribution in [0.5, 0.6) is 0 Å². The number of carbonyl (C=O) groups excluding carboxylic acids is 3. The summed E-state index contributed by atoms with van der Waals surface area (Å²) in [5, 5.41) is 5.32. The largest absolute Gasteiger partial charge is 0.465 e. The van der Waals surface area contributed by atoms with Crippen molar-refractivity contribution < 1.29 is 18.8 Å². The quantitative estimate of drug-likeness (QED) is 0.571. The standard InChI is InChI=1S/C21H25N3O4/c1-14(2)19(20(22)26)24-21(27)17(13-15-7-4-3-5-8-15)23-18(25)11-10-16-9-6-12-28-16/h3-12,14,17,19H,13H2,1-2H3,(H2,22,26)(H,23,25)(H,24,27)/t17-,19-/m0/s1. The Morgan fingerprint density at radius 1 is 1.07 bits per heavy atom. The molecule has 4 N–H and O–H groups in total. The molecule has 0 saturated carbocycles. The summed E-state index contributed by atoms with van der Waals surface area (Å²) in [4.78, 5) is 36.7. The third-order valence-corrected chi connectivity index (χ3v) is 4.13. The molecule has 7 nitrogen and oxygen atoms in total. The highest BCUT2D eigenvalue weighted by Crippen LogP contribution is 2.07. The van der Waals surface area contributed by atoms with Gasteiger partial charge in [0.1, 0.15) is 17.8 Å². The zero-order valence-electron chi connectivity index (χ0n) is 15.9. The number of hydrogen-bond acceptors (Lipinski definition) is 4. The average molecular weight is 383 g/mol. The fourth-order valence-corrected chi connectivity index (χ4v) is 2.64. The van der Waals surface area contributed by atoms with Crippen molar-refractivity contribution in [1.29, 1.82) is 0 Å². The molecule has 0 aliphatic heterocycles. The van der Waals surface area contributed by atoms with Gasteiger partial charge in [0, 0.05) is 12.5 Å². The van der Waals surface area contributed by atoms with Gasteiger partial charge in [0.05, 0.1) is 6.26 Å². The van der Waals surface area contributed by atoms with Crippen LogP contribution in [-0.2, 0) is 20.8 Å². The summed E-state index contributed by atoms with van der Waals surface area (Å²) in [6.45, 7) is 3.57. The maximum atomic E-state index is 12.8. The van der Waals surface area contributed by atoms with Crippen molar-refractivity contribution in [2.24, 2.45) is 11.7 Å². The van der Waals surface area contributed by atoms with Gasteiger partial charge in [-0.2, -0.15) is 0 Å². The van der Waals surface area contributed by atoms with Crippen LogP contribution in [0.2, 0.25) is 0 Å². The minimum absolute atomic E-state index is 0.173. The number of amides is 3. The van der Waals surface area contributed by atoms with Crippen LogP contribution in [0.4, 0.5) is 0 Å². The lowest BCUT2D eigenvalue weighted by Gasteiger charge is -2.23. The molecule has 0 aliphatic rings. The molecule has 2 atom stereocenters. The second-order valence-corrected chi connectivity index (χ2v) is 6.73. The van der Waals surface area contributed by atoms with Gasteiger partial charge in [0.25, 0.3) is 0 Å². The number of benzene rings is 1. The SMILES string of the molecule is CC(C)[C@H](NC(=O)[C@H](Cc1ccccc1)NC(=O)C=Cc1ccco1)C(N)=O. The van der Waals surface area contributed by atoms with Crippen molar-refractivity contribution in [3.8, 4) is 0 Å². The molecule has 2 aromatic rings. The second kappa shape index (κ2) is 10.1. The Hall–Kier alpha value is -3.35. The number of primary amides is 1. The van der Waals surface area contributed by atoms with Gasteiger partial charge in [-0.1, -0.05) is 44.2 Å². The molecule has 3 amide bonds. The molecule has 0 spiro atoms. The average Bonchev–Trinajstić information content (AvgIpc) is 3.17. The van der Waals surface area contributed by atoms with Gasteiger partial charge in [-0.25, -0.2) is 0 Å². The number of furan rings is 1. The summed E-state index contributed by atoms with van der Waals surface area (Å²) in [6, 6.07) is 11.0. The van der Waals surface area contributed by atoms with E-state index in [2.05, 4.69) is 10.6 Å². The van der Waals surface area contributed by atoms with Gasteiger partial charge in [0.15, 0.2) is 0 Å². The molecule has 1 aromatic heterocycles. The first kappa shape index (κ1) is 21.0. The van der Waals surface area contributed by atoms with Gasteiger partial charge in [-0.3, -0.25) is 14.4 Å². The first-order valence-corrected chi connectivity index (χ1v) is 9.02. The summed E-state index contributed by atoms with van der Waals surface area (Å²) in [6.07, 6.45) is 4.57. The van der Waals surface area contributed by atoms with Gasteiger partial charge < -0.3 is 20.8 Å². The highest BCUT2D eigenvalue weighted by atomic mass is 16.3. The van der Waals surface area contributed by atoms with E-state index in [1.54, 1.807) is 26.0 Å². The molecule has 148 valence electrons. The van der Waals surface area contributed by atoms with Crippen LogP contribution in [0.3, 0.4) is 0 Å². The summed E-state index contributed by atoms with van der Waals surface area (Å²) in [7, 11) is 0. The third kappa shape index (κ3) is 6.42. The van der Waals surface area contributed by atoms with Crippen molar-refractivity contribution in [2.45, 2.75) is 32.4 Å². The smallest absolute Gasteiger partial charge is 0.244 e. The van der Waals surface area contributed by atoms with Gasteiger partial charge >= 0.3 is 0 Å². The van der Waals surface area contributed by atoms with Crippen LogP contribution in [0.25, 0.3) is 6.08 Å². The number of hydrogen-bond donors (Lipinski definition) is 3. The van der Waals surface area contributed by atoms with Crippen molar-refractivity contribution in [3.05, 3.63) is 66.1 Å². The summed E-state index contributed by atoms with van der Waals surface area (Å²) in [5.74, 6) is -1.19. The Bertz CT molecular complexity index is 813. The zero-order chi connectivity index (χ0) is 20.5. The van der Waals surface area contributed by atoms with Gasteiger partial charge in [0.2, 0.25) is 17.7 Å². The van der Waals surface area contributed by atoms with Crippen molar-refractivity contribution in [2.75, 3.05) is 0 Å². The number of rotatable bonds is 9. The Labute approximate surface area is 164 Å². The van der Waals surface area contributed by atoms with E-state index in [1.807, 2.05) is 30.3 Å². The fourth-order valence-electron chi connectivity index (χ4n) is 2.64. The fraction of sp³-hybridized carbons (Fsp3) is 0.286. The monoisotopic (exact) mass is 383 g/mol. The molecule has 0 radical (unpaired) electrons. The Balaban J connectivity index is 2.12. The second-order valence-electron chi connectivity index (χ2n) is 6.73. The van der Waals surface area contributed by atoms with E-state index in [9.17, 15) is 14.4 Å². The van der Waals surface area contributed by atoms with Crippen LogP contribution in [0.1, 0.15) is 25.2 Å². The summed E-state index contributed by atoms with van der Waals surface area (Å²) < 4.78 is 5.14. The Morgan fingerprint density at radius 3 is 2.36 bits per heavy atom. The molecule has 0 bridgehead atoms. The van der Waals surface area contributed by atoms with E-state index in [-0.39, 0.29) is 12.3 Å². The molecular weight excluding hydrogens is 358 g/mol. The molecule has 28 heavy (non-hydrogen) atoms. The molecule has 0 fully saturated rings. The van der Waals surface area contributed by atoms with Crippen LogP contribution in [0, 0.1) is 5.92 Å². The highest BCUT2D eigenvalue weighted by Gasteiger charge is 2.27. The minimum atomic E-state index is -0.864. The lowest BCUT2D eigenvalue weighted by Crippen LogP contribution is -2.55. The van der Waals surface area contributed by atoms with Crippen molar-refractivity contribution in [1.82, 2.24) is 10.6 Å². The number of nitrogens with one attached hydrogen (secondary N) is 2. The zero-order valence-corrected chi connectivity index (χ0v) is 15.9. The molecule has 0 unspecified atom stereocenters. The minimum Gasteiger partial charge on any atom is -0.465 e. The third-order valence-electron chi connectivity index (χ3n) is 4.13. The van der Waals surface area contributed by atoms with Crippen LogP contribution in [0.15, 0.2) is 59.2 Å². The van der Waals surface area contributed by atoms with E-state index in [0.717, 1.165) is 5.56 Å². The predicted molar refractivity (Wildman–Crippen MR) is 106 cm³/mol. The Morgan fingerprint density at radius 2 is 1.79 bits per heavy atom. The first-order chi connectivity index (χ1) is 13.4. The Kier molecular flexibility index (Phi) is 7.56. The topological polar surface area (TPSA) is 114 Å². The molecular formula is C21H25N3O4. The number of carbonyl (C=O) groups is 3. The summed E-state index contributed by atoms with van der Waals surface area (Å²) >= 11 is 0. The maximum Gasteiger partial charge on any atom is 0.244 e. The maximum absolute atomic E-state index is 12.8. The van der Waals surface area contributed by atoms with Crippen molar-refractivity contribution in [3.63, 3.8) is 0 Å². The normalized spacial score (nSPS) is 13.2. The lowest BCUT2D eigenvalue weighted by molar-refractivity contribution is -0.131. The molecule has 1 aromatic carbocycles. The molecule has 0 aliphatic carbocycles. The first-order valence-electron chi connectivity index (χ1n) is 9.02. The molecule has 2 rings (SSSR count). The molecule has 0 saturated heterocycles. The van der Waals surface area contributed by atoms with E-state index >= 15 is 0 Å². The van der Waals surface area contributed by atoms with Crippen LogP contribution >= 0.6 is 0 Å². The van der Waals surface area contributed by atoms with E-state index in [0.29, 0.717) is 5.76 Å². The van der Waals surface area contributed by atoms with E-state index < -0.39 is 29.8 Å². The van der Waals surface area contributed by atoms with E-state index in [4.69, 9.17) is 10.2 Å². The lowest BCUT2D eigenvalue weighted by atomic mass is 10.0. The predicted octanol–water partition coefficient (Wildman–Crippen LogP) is 1.65. The van der Waals surface area contributed by atoms with Crippen LogP contribution in [-0.4, -0.2) is 29.8 Å². The highest BCUT2D eigenvalue weighted by molar-refractivity contribution is 5.96. The number of nitrogens with two attached hydrogens (primary N) is 1. The summed E-state index contributed by atoms with van der Waals surface area (Å²) in [5.41, 5.74) is 6.25. The molecule has 7 heteroatoms. The van der Waals surface area contributed by atoms with E-state index in [1.165, 1.54) is 18.4 Å². The van der Waals surface area contributed by atoms with Gasteiger partial charge in [-0.05, 0) is 29.7 Å².